The van der Waals surface area contributed by atoms with Crippen molar-refractivity contribution in [1.82, 2.24) is 0 Å². The summed E-state index contributed by atoms with van der Waals surface area (Å²) >= 11 is 0. The molecule has 16 heavy (non-hydrogen) atoms. The van der Waals surface area contributed by atoms with Crippen LogP contribution in [0.5, 0.6) is 5.75 Å². The predicted octanol–water partition coefficient (Wildman–Crippen LogP) is 2.90. The number of para-hydroxylation sites is 1. The van der Waals surface area contributed by atoms with E-state index in [4.69, 9.17) is 15.9 Å². The molecule has 1 unspecified atom stereocenters. The molecule has 3 N–H and O–H groups in total. The number of ether oxygens (including phenoxy) is 1. The molecule has 0 fully saturated rings. The fraction of sp³-hybridized carbons (Fsp3) is 0.462. The van der Waals surface area contributed by atoms with Crippen LogP contribution in [0.15, 0.2) is 24.3 Å². The molecule has 0 saturated carbocycles. The Hall–Kier alpha value is -1.51. The van der Waals surface area contributed by atoms with Gasteiger partial charge >= 0.3 is 0 Å². The van der Waals surface area contributed by atoms with Crippen molar-refractivity contribution in [2.75, 3.05) is 6.61 Å². The lowest BCUT2D eigenvalue weighted by atomic mass is 9.98. The lowest BCUT2D eigenvalue weighted by Crippen LogP contribution is -2.14. The van der Waals surface area contributed by atoms with Crippen LogP contribution in [0.25, 0.3) is 0 Å². The minimum atomic E-state index is 0.168. The Kier molecular flexibility index (Phi) is 4.83. The summed E-state index contributed by atoms with van der Waals surface area (Å²) in [5, 5.41) is 7.13. The van der Waals surface area contributed by atoms with Gasteiger partial charge in [0.15, 0.2) is 0 Å². The van der Waals surface area contributed by atoms with Gasteiger partial charge in [-0.2, -0.15) is 0 Å². The molecule has 0 amide bonds. The van der Waals surface area contributed by atoms with Gasteiger partial charge in [-0.15, -0.1) is 0 Å². The molecule has 0 aliphatic rings. The van der Waals surface area contributed by atoms with Gasteiger partial charge in [-0.05, 0) is 24.0 Å². The maximum Gasteiger partial charge on any atom is 0.122 e. The summed E-state index contributed by atoms with van der Waals surface area (Å²) in [7, 11) is 0. The number of hydrogen-bond donors (Lipinski definition) is 2. The Morgan fingerprint density at radius 1 is 1.44 bits per heavy atom. The van der Waals surface area contributed by atoms with Crippen LogP contribution in [-0.2, 0) is 0 Å². The van der Waals surface area contributed by atoms with E-state index in [-0.39, 0.29) is 5.84 Å². The molecular weight excluding hydrogens is 200 g/mol. The smallest absolute Gasteiger partial charge is 0.122 e. The average Bonchev–Trinajstić information content (AvgIpc) is 2.28. The van der Waals surface area contributed by atoms with Gasteiger partial charge in [-0.3, -0.25) is 5.41 Å². The molecule has 0 saturated heterocycles. The number of benzene rings is 1. The molecular formula is C13H20N2O. The molecule has 1 atom stereocenters. The zero-order chi connectivity index (χ0) is 12.0. The molecule has 0 aliphatic carbocycles. The van der Waals surface area contributed by atoms with Crippen LogP contribution < -0.4 is 10.5 Å². The number of hydrogen-bond acceptors (Lipinski definition) is 2. The standard InChI is InChI=1S/C13H20N2O/c1-3-10(2)11-6-4-5-7-12(11)16-9-8-13(14)15/h4-7,10H,3,8-9H2,1-2H3,(H3,14,15). The van der Waals surface area contributed by atoms with Crippen molar-refractivity contribution >= 4 is 5.84 Å². The maximum absolute atomic E-state index is 7.13. The Labute approximate surface area is 97.1 Å². The molecule has 3 nitrogen and oxygen atoms in total. The van der Waals surface area contributed by atoms with Gasteiger partial charge in [-0.25, -0.2) is 0 Å². The molecule has 0 aromatic heterocycles. The normalized spacial score (nSPS) is 12.1. The quantitative estimate of drug-likeness (QED) is 0.572. The Balaban J connectivity index is 2.67. The second-order valence-electron chi connectivity index (χ2n) is 3.97. The first-order valence-electron chi connectivity index (χ1n) is 5.69. The van der Waals surface area contributed by atoms with E-state index in [0.717, 1.165) is 12.2 Å². The summed E-state index contributed by atoms with van der Waals surface area (Å²) in [6.45, 7) is 4.83. The van der Waals surface area contributed by atoms with Crippen LogP contribution in [0, 0.1) is 5.41 Å². The van der Waals surface area contributed by atoms with Crippen molar-refractivity contribution in [3.05, 3.63) is 29.8 Å². The SMILES string of the molecule is CCC(C)c1ccccc1OCCC(=N)N. The van der Waals surface area contributed by atoms with Gasteiger partial charge in [0.25, 0.3) is 0 Å². The van der Waals surface area contributed by atoms with Crippen molar-refractivity contribution in [2.24, 2.45) is 5.73 Å². The highest BCUT2D eigenvalue weighted by Crippen LogP contribution is 2.28. The molecule has 0 spiro atoms. The van der Waals surface area contributed by atoms with Crippen LogP contribution >= 0.6 is 0 Å². The van der Waals surface area contributed by atoms with Gasteiger partial charge in [0.2, 0.25) is 0 Å². The van der Waals surface area contributed by atoms with Crippen LogP contribution in [-0.4, -0.2) is 12.4 Å². The van der Waals surface area contributed by atoms with Crippen LogP contribution in [0.3, 0.4) is 0 Å². The molecule has 88 valence electrons. The third kappa shape index (κ3) is 3.57. The van der Waals surface area contributed by atoms with Gasteiger partial charge in [0, 0.05) is 6.42 Å². The van der Waals surface area contributed by atoms with E-state index in [0.29, 0.717) is 18.9 Å². The molecule has 0 aliphatic heterocycles. The molecule has 0 heterocycles. The largest absolute Gasteiger partial charge is 0.493 e. The number of nitrogens with two attached hydrogens (primary N) is 1. The third-order valence-corrected chi connectivity index (χ3v) is 2.69. The minimum Gasteiger partial charge on any atom is -0.493 e. The van der Waals surface area contributed by atoms with Crippen molar-refractivity contribution < 1.29 is 4.74 Å². The molecule has 0 radical (unpaired) electrons. The van der Waals surface area contributed by atoms with Crippen LogP contribution in [0.1, 0.15) is 38.2 Å². The van der Waals surface area contributed by atoms with E-state index >= 15 is 0 Å². The van der Waals surface area contributed by atoms with Gasteiger partial charge in [-0.1, -0.05) is 32.0 Å². The number of nitrogens with one attached hydrogen (secondary N) is 1. The molecule has 3 heteroatoms. The monoisotopic (exact) mass is 220 g/mol. The Morgan fingerprint density at radius 2 is 2.12 bits per heavy atom. The summed E-state index contributed by atoms with van der Waals surface area (Å²) in [5.41, 5.74) is 6.51. The van der Waals surface area contributed by atoms with Crippen LogP contribution in [0.4, 0.5) is 0 Å². The van der Waals surface area contributed by atoms with E-state index < -0.39 is 0 Å². The highest BCUT2D eigenvalue weighted by molar-refractivity contribution is 5.76. The minimum absolute atomic E-state index is 0.168. The fourth-order valence-electron chi connectivity index (χ4n) is 1.51. The first-order chi connectivity index (χ1) is 7.65. The summed E-state index contributed by atoms with van der Waals surface area (Å²) in [6.07, 6.45) is 1.57. The molecule has 1 rings (SSSR count). The lowest BCUT2D eigenvalue weighted by molar-refractivity contribution is 0.323. The predicted molar refractivity (Wildman–Crippen MR) is 67.2 cm³/mol. The molecule has 0 bridgehead atoms. The molecule has 1 aromatic rings. The van der Waals surface area contributed by atoms with Crippen molar-refractivity contribution in [3.63, 3.8) is 0 Å². The highest BCUT2D eigenvalue weighted by atomic mass is 16.5. The van der Waals surface area contributed by atoms with Crippen molar-refractivity contribution in [1.29, 1.82) is 5.41 Å². The summed E-state index contributed by atoms with van der Waals surface area (Å²) in [6, 6.07) is 8.06. The van der Waals surface area contributed by atoms with Crippen molar-refractivity contribution in [3.8, 4) is 5.75 Å². The number of rotatable bonds is 6. The summed E-state index contributed by atoms with van der Waals surface area (Å²) in [4.78, 5) is 0. The third-order valence-electron chi connectivity index (χ3n) is 2.69. The highest BCUT2D eigenvalue weighted by Gasteiger charge is 2.09. The van der Waals surface area contributed by atoms with Gasteiger partial charge in [0.1, 0.15) is 5.75 Å². The topological polar surface area (TPSA) is 59.1 Å². The second-order valence-corrected chi connectivity index (χ2v) is 3.97. The Bertz CT molecular complexity index is 350. The second kappa shape index (κ2) is 6.16. The lowest BCUT2D eigenvalue weighted by Gasteiger charge is -2.15. The van der Waals surface area contributed by atoms with E-state index in [1.807, 2.05) is 18.2 Å². The molecule has 1 aromatic carbocycles. The van der Waals surface area contributed by atoms with Crippen molar-refractivity contribution in [2.45, 2.75) is 32.6 Å². The first kappa shape index (κ1) is 12.6. The van der Waals surface area contributed by atoms with E-state index in [2.05, 4.69) is 19.9 Å². The fourth-order valence-corrected chi connectivity index (χ4v) is 1.51. The van der Waals surface area contributed by atoms with Crippen LogP contribution in [0.2, 0.25) is 0 Å². The van der Waals surface area contributed by atoms with Gasteiger partial charge in [0.05, 0.1) is 12.4 Å². The maximum atomic E-state index is 7.13. The average molecular weight is 220 g/mol. The van der Waals surface area contributed by atoms with E-state index in [1.54, 1.807) is 0 Å². The summed E-state index contributed by atoms with van der Waals surface area (Å²) < 4.78 is 5.65. The number of amidine groups is 1. The van der Waals surface area contributed by atoms with Gasteiger partial charge < -0.3 is 10.5 Å². The Morgan fingerprint density at radius 3 is 2.75 bits per heavy atom. The van der Waals surface area contributed by atoms with E-state index in [1.165, 1.54) is 5.56 Å². The van der Waals surface area contributed by atoms with E-state index in [9.17, 15) is 0 Å². The first-order valence-corrected chi connectivity index (χ1v) is 5.69. The zero-order valence-electron chi connectivity index (χ0n) is 9.99. The summed E-state index contributed by atoms with van der Waals surface area (Å²) in [5.74, 6) is 1.58. The zero-order valence-corrected chi connectivity index (χ0v) is 9.99.